The van der Waals surface area contributed by atoms with E-state index in [4.69, 9.17) is 10.3 Å². The van der Waals surface area contributed by atoms with Crippen molar-refractivity contribution < 1.29 is 56.0 Å². The quantitative estimate of drug-likeness (QED) is 0.212. The number of nitrogens with two attached hydrogens (primary N) is 2. The Labute approximate surface area is 314 Å². The van der Waals surface area contributed by atoms with Crippen molar-refractivity contribution in [2.24, 2.45) is 30.7 Å². The Kier molecular flexibility index (Phi) is 12.1. The molecule has 271 valence electrons. The molecule has 21 heteroatoms. The molecule has 2 heterocycles. The molecule has 0 bridgehead atoms. The van der Waals surface area contributed by atoms with E-state index in [9.17, 15) is 37.3 Å². The molecular weight excluding hydrogens is 769 g/mol. The Morgan fingerprint density at radius 2 is 0.906 bits per heavy atom. The summed E-state index contributed by atoms with van der Waals surface area (Å²) in [4.78, 5) is -0.546. The van der Waals surface area contributed by atoms with Crippen LogP contribution < -0.4 is 30.7 Å². The van der Waals surface area contributed by atoms with Gasteiger partial charge < -0.3 is 20.4 Å². The van der Waals surface area contributed by atoms with Crippen LogP contribution in [0, 0.1) is 13.8 Å². The summed E-state index contributed by atoms with van der Waals surface area (Å²) in [6.45, 7) is 3.15. The number of nitrogens with zero attached hydrogens (tertiary/aromatic N) is 8. The molecule has 0 aliphatic heterocycles. The van der Waals surface area contributed by atoms with Gasteiger partial charge in [-0.05, 0) is 62.4 Å². The minimum absolute atomic E-state index is 0. The van der Waals surface area contributed by atoms with Gasteiger partial charge in [-0.3, -0.25) is 0 Å². The van der Waals surface area contributed by atoms with E-state index in [0.717, 1.165) is 36.4 Å². The number of sulfonamides is 2. The smallest absolute Gasteiger partial charge is 0.871 e. The maximum absolute atomic E-state index is 12.5. The number of hydrogen-bond donors (Lipinski definition) is 2. The van der Waals surface area contributed by atoms with Crippen molar-refractivity contribution in [2.75, 3.05) is 0 Å². The fraction of sp³-hybridized carbons (Fsp3) is 0.0625. The van der Waals surface area contributed by atoms with Crippen molar-refractivity contribution in [3.8, 4) is 34.6 Å². The Hall–Kier alpha value is -5.95. The van der Waals surface area contributed by atoms with Crippen molar-refractivity contribution in [3.63, 3.8) is 0 Å². The molecule has 0 amide bonds. The zero-order chi connectivity index (χ0) is 37.8. The molecular formula is C32H27CrN10O8S2. The van der Waals surface area contributed by atoms with E-state index in [2.05, 4.69) is 30.7 Å². The number of primary sulfonamides is 2. The summed E-state index contributed by atoms with van der Waals surface area (Å²) in [5.74, 6) is -2.12. The van der Waals surface area contributed by atoms with Gasteiger partial charge in [0.2, 0.25) is 20.0 Å². The van der Waals surface area contributed by atoms with Crippen LogP contribution in [0.15, 0.2) is 127 Å². The summed E-state index contributed by atoms with van der Waals surface area (Å²) in [6.07, 6.45) is 0. The van der Waals surface area contributed by atoms with Crippen molar-refractivity contribution >= 4 is 42.8 Å². The molecule has 0 saturated carbocycles. The standard InChI is InChI=1S/2C16H15N5O4S.Cr/c2*1-10-15(16(23)21(20-10)11-5-3-2-4-6-11)19-18-13-9-12(26(17,24)25)7-8-14(13)22;/h2*2-9,22-23H,1H3,(H2,17,24,25);/q;;+3/p-3. The molecule has 4 N–H and O–H groups in total. The second kappa shape index (κ2) is 16.2. The fourth-order valence-electron chi connectivity index (χ4n) is 4.43. The molecule has 0 aliphatic carbocycles. The molecule has 0 unspecified atom stereocenters. The molecule has 0 spiro atoms. The summed E-state index contributed by atoms with van der Waals surface area (Å²) in [7, 11) is -7.98. The van der Waals surface area contributed by atoms with Crippen LogP contribution in [0.5, 0.6) is 23.3 Å². The molecule has 4 aromatic carbocycles. The van der Waals surface area contributed by atoms with Crippen molar-refractivity contribution in [1.29, 1.82) is 0 Å². The van der Waals surface area contributed by atoms with Gasteiger partial charge in [0, 0.05) is 11.8 Å². The molecule has 2 aromatic heterocycles. The normalized spacial score (nSPS) is 11.7. The number of aromatic nitrogens is 4. The third kappa shape index (κ3) is 9.30. The van der Waals surface area contributed by atoms with Crippen LogP contribution in [0.1, 0.15) is 12.8 Å². The van der Waals surface area contributed by atoms with Gasteiger partial charge in [-0.25, -0.2) is 36.5 Å². The first-order valence-electron chi connectivity index (χ1n) is 14.7. The van der Waals surface area contributed by atoms with Crippen molar-refractivity contribution in [2.45, 2.75) is 23.6 Å². The number of aryl methyl sites for hydroxylation is 2. The summed E-state index contributed by atoms with van der Waals surface area (Å²) in [5, 5.41) is 82.0. The molecule has 6 rings (SSSR count). The van der Waals surface area contributed by atoms with E-state index in [0.29, 0.717) is 22.8 Å². The second-order valence-electron chi connectivity index (χ2n) is 10.7. The third-order valence-electron chi connectivity index (χ3n) is 7.01. The summed E-state index contributed by atoms with van der Waals surface area (Å²) in [6, 6.07) is 23.7. The van der Waals surface area contributed by atoms with Gasteiger partial charge in [0.1, 0.15) is 11.4 Å². The van der Waals surface area contributed by atoms with Crippen molar-refractivity contribution in [3.05, 3.63) is 108 Å². The van der Waals surface area contributed by atoms with Crippen LogP contribution >= 0.6 is 0 Å². The number of para-hydroxylation sites is 2. The minimum Gasteiger partial charge on any atom is -0.871 e. The van der Waals surface area contributed by atoms with Gasteiger partial charge in [0.15, 0.2) is 0 Å². The Morgan fingerprint density at radius 1 is 0.566 bits per heavy atom. The Bertz CT molecular complexity index is 2370. The van der Waals surface area contributed by atoms with Gasteiger partial charge in [0.25, 0.3) is 0 Å². The van der Waals surface area contributed by atoms with E-state index in [-0.39, 0.29) is 51.3 Å². The predicted molar refractivity (Wildman–Crippen MR) is 179 cm³/mol. The Morgan fingerprint density at radius 3 is 1.23 bits per heavy atom. The van der Waals surface area contributed by atoms with Gasteiger partial charge in [0.05, 0.1) is 43.9 Å². The van der Waals surface area contributed by atoms with E-state index in [1.54, 1.807) is 74.5 Å². The van der Waals surface area contributed by atoms with Crippen LogP contribution in [0.4, 0.5) is 22.7 Å². The molecule has 53 heavy (non-hydrogen) atoms. The molecule has 0 atom stereocenters. The monoisotopic (exact) mass is 795 g/mol. The average molecular weight is 796 g/mol. The molecule has 1 radical (unpaired) electrons. The van der Waals surface area contributed by atoms with Crippen LogP contribution in [0.2, 0.25) is 0 Å². The third-order valence-corrected chi connectivity index (χ3v) is 8.83. The first-order chi connectivity index (χ1) is 24.5. The van der Waals surface area contributed by atoms with Gasteiger partial charge in [-0.15, -0.1) is 10.2 Å². The first kappa shape index (κ1) is 39.8. The zero-order valence-electron chi connectivity index (χ0n) is 28.5. The topological polar surface area (TPSA) is 298 Å². The van der Waals surface area contributed by atoms with Crippen molar-refractivity contribution in [1.82, 2.24) is 19.6 Å². The minimum atomic E-state index is -3.99. The maximum atomic E-state index is 12.5. The molecule has 6 aromatic rings. The van der Waals surface area contributed by atoms with E-state index in [1.165, 1.54) is 9.36 Å². The van der Waals surface area contributed by atoms with Crippen LogP contribution in [0.3, 0.4) is 0 Å². The summed E-state index contributed by atoms with van der Waals surface area (Å²) < 4.78 is 47.9. The van der Waals surface area contributed by atoms with E-state index in [1.807, 2.05) is 0 Å². The zero-order valence-corrected chi connectivity index (χ0v) is 30.4. The van der Waals surface area contributed by atoms with E-state index >= 15 is 0 Å². The van der Waals surface area contributed by atoms with Crippen LogP contribution in [-0.4, -0.2) is 36.4 Å². The predicted octanol–water partition coefficient (Wildman–Crippen LogP) is 2.89. The van der Waals surface area contributed by atoms with Gasteiger partial charge in [-0.2, -0.15) is 20.4 Å². The molecule has 0 fully saturated rings. The molecule has 0 saturated heterocycles. The average Bonchev–Trinajstić information content (AvgIpc) is 3.56. The second-order valence-corrected chi connectivity index (χ2v) is 13.8. The fourth-order valence-corrected chi connectivity index (χ4v) is 5.49. The van der Waals surface area contributed by atoms with Crippen LogP contribution in [-0.2, 0) is 37.4 Å². The number of azo groups is 2. The summed E-state index contributed by atoms with van der Waals surface area (Å²) >= 11 is 0. The molecule has 18 nitrogen and oxygen atoms in total. The Balaban J connectivity index is 0.000000280. The molecule has 0 aliphatic rings. The maximum Gasteiger partial charge on any atom is 3.00 e. The van der Waals surface area contributed by atoms with E-state index < -0.39 is 43.3 Å². The van der Waals surface area contributed by atoms with Gasteiger partial charge in [-0.1, -0.05) is 60.0 Å². The SMILES string of the molecule is Cc1nn(-c2ccccc2)c([O-])c1N=Nc1cc(S(N)(=O)=O)ccc1[O-].Cc1nn(-c2ccccc2)c([O-])c1N=Nc1cc(S(N)(=O)=O)ccc1[O-].[Cr+3].[H+]. The van der Waals surface area contributed by atoms with Crippen LogP contribution in [0.25, 0.3) is 11.4 Å². The number of benzene rings is 4. The first-order valence-corrected chi connectivity index (χ1v) is 17.8. The van der Waals surface area contributed by atoms with Gasteiger partial charge >= 0.3 is 18.8 Å². The number of rotatable bonds is 8. The number of hydrogen-bond acceptors (Lipinski definition) is 14. The largest absolute Gasteiger partial charge is 3.00 e. The summed E-state index contributed by atoms with van der Waals surface area (Å²) in [5.41, 5.74) is 1.16.